The average molecular weight is 253 g/mol. The van der Waals surface area contributed by atoms with E-state index < -0.39 is 0 Å². The Balaban J connectivity index is 1.75. The van der Waals surface area contributed by atoms with Gasteiger partial charge in [0.05, 0.1) is 0 Å². The fraction of sp³-hybridized carbons (Fsp3) is 0.312. The van der Waals surface area contributed by atoms with E-state index in [4.69, 9.17) is 5.73 Å². The molecule has 0 saturated heterocycles. The number of benzene rings is 1. The van der Waals surface area contributed by atoms with Crippen LogP contribution >= 0.6 is 0 Å². The first-order chi connectivity index (χ1) is 9.33. The number of anilines is 2. The minimum atomic E-state index is 0.854. The van der Waals surface area contributed by atoms with Crippen LogP contribution in [0.5, 0.6) is 0 Å². The van der Waals surface area contributed by atoms with E-state index in [2.05, 4.69) is 28.1 Å². The summed E-state index contributed by atoms with van der Waals surface area (Å²) in [6.45, 7) is 2.15. The lowest BCUT2D eigenvalue weighted by molar-refractivity contribution is 0.687. The molecule has 3 rings (SSSR count). The number of hydrogen-bond acceptors (Lipinski definition) is 3. The molecular weight excluding hydrogens is 234 g/mol. The Morgan fingerprint density at radius 2 is 2.21 bits per heavy atom. The zero-order chi connectivity index (χ0) is 13.1. The second kappa shape index (κ2) is 5.31. The van der Waals surface area contributed by atoms with Crippen molar-refractivity contribution in [1.29, 1.82) is 0 Å². The Kier molecular flexibility index (Phi) is 3.36. The van der Waals surface area contributed by atoms with E-state index in [9.17, 15) is 0 Å². The van der Waals surface area contributed by atoms with Crippen molar-refractivity contribution >= 4 is 11.4 Å². The summed E-state index contributed by atoms with van der Waals surface area (Å²) in [4.78, 5) is 6.61. The number of nitrogens with zero attached hydrogens (tertiary/aromatic N) is 2. The number of nitrogen functional groups attached to an aromatic ring is 1. The van der Waals surface area contributed by atoms with Crippen molar-refractivity contribution in [2.75, 3.05) is 23.7 Å². The Morgan fingerprint density at radius 1 is 1.26 bits per heavy atom. The fourth-order valence-electron chi connectivity index (χ4n) is 2.71. The van der Waals surface area contributed by atoms with Gasteiger partial charge in [0, 0.05) is 36.9 Å². The quantitative estimate of drug-likeness (QED) is 0.855. The van der Waals surface area contributed by atoms with E-state index in [0.717, 1.165) is 25.2 Å². The van der Waals surface area contributed by atoms with Crippen LogP contribution in [0, 0.1) is 0 Å². The number of nitrogens with two attached hydrogens (primary N) is 1. The molecule has 0 fully saturated rings. The van der Waals surface area contributed by atoms with Crippen molar-refractivity contribution in [2.45, 2.75) is 19.3 Å². The summed E-state index contributed by atoms with van der Waals surface area (Å²) >= 11 is 0. The summed E-state index contributed by atoms with van der Waals surface area (Å²) in [5, 5.41) is 0. The van der Waals surface area contributed by atoms with E-state index >= 15 is 0 Å². The zero-order valence-electron chi connectivity index (χ0n) is 11.0. The van der Waals surface area contributed by atoms with E-state index in [-0.39, 0.29) is 0 Å². The molecule has 3 nitrogen and oxygen atoms in total. The highest BCUT2D eigenvalue weighted by Crippen LogP contribution is 2.29. The standard InChI is InChI=1S/C16H19N3/c17-15-6-5-14-4-2-9-19(16(14)11-15)10-7-13-3-1-8-18-12-13/h1,3,5-6,8,11-12H,2,4,7,9-10,17H2. The number of hydrogen-bond donors (Lipinski definition) is 1. The predicted octanol–water partition coefficient (Wildman–Crippen LogP) is 2.66. The topological polar surface area (TPSA) is 42.1 Å². The van der Waals surface area contributed by atoms with Gasteiger partial charge in [-0.15, -0.1) is 0 Å². The average Bonchev–Trinajstić information content (AvgIpc) is 2.46. The Bertz CT molecular complexity index is 551. The van der Waals surface area contributed by atoms with Crippen molar-refractivity contribution in [3.8, 4) is 0 Å². The number of aromatic nitrogens is 1. The smallest absolute Gasteiger partial charge is 0.0419 e. The lowest BCUT2D eigenvalue weighted by Crippen LogP contribution is -2.31. The summed E-state index contributed by atoms with van der Waals surface area (Å²) in [6, 6.07) is 10.4. The molecule has 0 unspecified atom stereocenters. The molecule has 0 radical (unpaired) electrons. The van der Waals surface area contributed by atoms with Crippen molar-refractivity contribution in [2.24, 2.45) is 0 Å². The molecule has 1 aliphatic rings. The molecule has 2 heterocycles. The van der Waals surface area contributed by atoms with Crippen molar-refractivity contribution in [3.63, 3.8) is 0 Å². The van der Waals surface area contributed by atoms with E-state index in [1.165, 1.54) is 29.7 Å². The highest BCUT2D eigenvalue weighted by atomic mass is 15.1. The van der Waals surface area contributed by atoms with Crippen LogP contribution in [-0.2, 0) is 12.8 Å². The van der Waals surface area contributed by atoms with Crippen molar-refractivity contribution < 1.29 is 0 Å². The van der Waals surface area contributed by atoms with Gasteiger partial charge in [-0.05, 0) is 48.6 Å². The SMILES string of the molecule is Nc1ccc2c(c1)N(CCc1cccnc1)CCC2. The van der Waals surface area contributed by atoms with E-state index in [1.54, 1.807) is 0 Å². The highest BCUT2D eigenvalue weighted by Gasteiger charge is 2.16. The first-order valence-corrected chi connectivity index (χ1v) is 6.85. The van der Waals surface area contributed by atoms with Crippen LogP contribution in [-0.4, -0.2) is 18.1 Å². The predicted molar refractivity (Wildman–Crippen MR) is 79.3 cm³/mol. The molecule has 0 aliphatic carbocycles. The molecular formula is C16H19N3. The van der Waals surface area contributed by atoms with Crippen LogP contribution in [0.25, 0.3) is 0 Å². The van der Waals surface area contributed by atoms with Crippen LogP contribution < -0.4 is 10.6 Å². The molecule has 3 heteroatoms. The van der Waals surface area contributed by atoms with Crippen LogP contribution in [0.15, 0.2) is 42.7 Å². The third kappa shape index (κ3) is 2.70. The second-order valence-corrected chi connectivity index (χ2v) is 5.09. The maximum atomic E-state index is 5.91. The minimum Gasteiger partial charge on any atom is -0.399 e. The van der Waals surface area contributed by atoms with Gasteiger partial charge < -0.3 is 10.6 Å². The summed E-state index contributed by atoms with van der Waals surface area (Å²) in [7, 11) is 0. The molecule has 1 aromatic heterocycles. The molecule has 1 aliphatic heterocycles. The van der Waals surface area contributed by atoms with Gasteiger partial charge in [-0.3, -0.25) is 4.98 Å². The monoisotopic (exact) mass is 253 g/mol. The second-order valence-electron chi connectivity index (χ2n) is 5.09. The third-order valence-corrected chi connectivity index (χ3v) is 3.72. The van der Waals surface area contributed by atoms with E-state index in [1.807, 2.05) is 24.5 Å². The van der Waals surface area contributed by atoms with Gasteiger partial charge in [-0.2, -0.15) is 0 Å². The zero-order valence-corrected chi connectivity index (χ0v) is 11.0. The summed E-state index contributed by atoms with van der Waals surface area (Å²) in [5.74, 6) is 0. The molecule has 0 atom stereocenters. The Morgan fingerprint density at radius 3 is 3.05 bits per heavy atom. The molecule has 0 bridgehead atoms. The lowest BCUT2D eigenvalue weighted by Gasteiger charge is -2.31. The Hall–Kier alpha value is -2.03. The molecule has 19 heavy (non-hydrogen) atoms. The number of rotatable bonds is 3. The number of aryl methyl sites for hydroxylation is 1. The molecule has 0 saturated carbocycles. The lowest BCUT2D eigenvalue weighted by atomic mass is 10.0. The molecule has 0 amide bonds. The molecule has 2 N–H and O–H groups in total. The van der Waals surface area contributed by atoms with Crippen molar-refractivity contribution in [3.05, 3.63) is 53.9 Å². The van der Waals surface area contributed by atoms with Gasteiger partial charge in [0.15, 0.2) is 0 Å². The molecule has 1 aromatic carbocycles. The fourth-order valence-corrected chi connectivity index (χ4v) is 2.71. The highest BCUT2D eigenvalue weighted by molar-refractivity contribution is 5.62. The first-order valence-electron chi connectivity index (χ1n) is 6.85. The normalized spacial score (nSPS) is 14.2. The molecule has 0 spiro atoms. The number of fused-ring (bicyclic) bond motifs is 1. The number of pyridine rings is 1. The van der Waals surface area contributed by atoms with Crippen LogP contribution in [0.4, 0.5) is 11.4 Å². The first kappa shape index (κ1) is 12.0. The molecule has 98 valence electrons. The van der Waals surface area contributed by atoms with Gasteiger partial charge in [-0.25, -0.2) is 0 Å². The van der Waals surface area contributed by atoms with Gasteiger partial charge in [0.1, 0.15) is 0 Å². The van der Waals surface area contributed by atoms with Crippen LogP contribution in [0.2, 0.25) is 0 Å². The third-order valence-electron chi connectivity index (χ3n) is 3.72. The minimum absolute atomic E-state index is 0.854. The maximum absolute atomic E-state index is 5.91. The van der Waals surface area contributed by atoms with Gasteiger partial charge in [0.25, 0.3) is 0 Å². The van der Waals surface area contributed by atoms with Gasteiger partial charge in [-0.1, -0.05) is 12.1 Å². The summed E-state index contributed by atoms with van der Waals surface area (Å²) in [6.07, 6.45) is 7.19. The van der Waals surface area contributed by atoms with Gasteiger partial charge in [0.2, 0.25) is 0 Å². The van der Waals surface area contributed by atoms with Crippen molar-refractivity contribution in [1.82, 2.24) is 4.98 Å². The largest absolute Gasteiger partial charge is 0.399 e. The Labute approximate surface area is 114 Å². The summed E-state index contributed by atoms with van der Waals surface area (Å²) in [5.41, 5.74) is 10.8. The molecule has 2 aromatic rings. The summed E-state index contributed by atoms with van der Waals surface area (Å²) < 4.78 is 0. The van der Waals surface area contributed by atoms with Crippen LogP contribution in [0.3, 0.4) is 0 Å². The maximum Gasteiger partial charge on any atom is 0.0419 e. The van der Waals surface area contributed by atoms with Gasteiger partial charge >= 0.3 is 0 Å². The van der Waals surface area contributed by atoms with Crippen LogP contribution in [0.1, 0.15) is 17.5 Å². The van der Waals surface area contributed by atoms with E-state index in [0.29, 0.717) is 0 Å².